The molecule has 27 heavy (non-hydrogen) atoms. The van der Waals surface area contributed by atoms with Crippen LogP contribution in [-0.2, 0) is 11.2 Å². The van der Waals surface area contributed by atoms with Crippen molar-refractivity contribution >= 4 is 29.1 Å². The highest BCUT2D eigenvalue weighted by Crippen LogP contribution is 2.34. The SMILES string of the molecule is N#Cc1cc2c(nc1SCC(=O)Nc1ccc3c(c1)OCO3)CCCC2=O. The number of amides is 1. The van der Waals surface area contributed by atoms with Gasteiger partial charge in [-0.25, -0.2) is 4.98 Å². The van der Waals surface area contributed by atoms with E-state index in [0.717, 1.165) is 6.42 Å². The summed E-state index contributed by atoms with van der Waals surface area (Å²) in [6, 6.07) is 8.84. The van der Waals surface area contributed by atoms with Gasteiger partial charge in [0.1, 0.15) is 11.1 Å². The van der Waals surface area contributed by atoms with E-state index >= 15 is 0 Å². The maximum atomic E-state index is 12.3. The maximum Gasteiger partial charge on any atom is 0.234 e. The lowest BCUT2D eigenvalue weighted by molar-refractivity contribution is -0.113. The minimum atomic E-state index is -0.224. The molecule has 7 nitrogen and oxygen atoms in total. The summed E-state index contributed by atoms with van der Waals surface area (Å²) >= 11 is 1.19. The predicted molar refractivity (Wildman–Crippen MR) is 98.1 cm³/mol. The molecule has 1 N–H and O–H groups in total. The lowest BCUT2D eigenvalue weighted by Gasteiger charge is -2.15. The first-order valence-electron chi connectivity index (χ1n) is 8.43. The molecule has 0 unspecified atom stereocenters. The molecule has 0 saturated heterocycles. The first kappa shape index (κ1) is 17.4. The van der Waals surface area contributed by atoms with E-state index in [1.54, 1.807) is 24.3 Å². The van der Waals surface area contributed by atoms with E-state index in [4.69, 9.17) is 9.47 Å². The molecule has 0 bridgehead atoms. The van der Waals surface area contributed by atoms with Crippen LogP contribution in [-0.4, -0.2) is 29.2 Å². The third-order valence-corrected chi connectivity index (χ3v) is 5.29. The highest BCUT2D eigenvalue weighted by molar-refractivity contribution is 8.00. The van der Waals surface area contributed by atoms with Crippen LogP contribution in [0.3, 0.4) is 0 Å². The zero-order chi connectivity index (χ0) is 18.8. The second-order valence-corrected chi connectivity index (χ2v) is 7.09. The van der Waals surface area contributed by atoms with E-state index < -0.39 is 0 Å². The number of hydrogen-bond acceptors (Lipinski definition) is 7. The van der Waals surface area contributed by atoms with Gasteiger partial charge in [0.2, 0.25) is 12.7 Å². The summed E-state index contributed by atoms with van der Waals surface area (Å²) in [5, 5.41) is 12.6. The molecule has 0 radical (unpaired) electrons. The molecule has 4 rings (SSSR count). The number of carbonyl (C=O) groups is 2. The number of fused-ring (bicyclic) bond motifs is 2. The summed E-state index contributed by atoms with van der Waals surface area (Å²) in [7, 11) is 0. The topological polar surface area (TPSA) is 101 Å². The van der Waals surface area contributed by atoms with E-state index in [9.17, 15) is 14.9 Å². The summed E-state index contributed by atoms with van der Waals surface area (Å²) in [6.07, 6.45) is 1.97. The van der Waals surface area contributed by atoms with Gasteiger partial charge in [-0.2, -0.15) is 5.26 Å². The lowest BCUT2D eigenvalue weighted by Crippen LogP contribution is -2.16. The van der Waals surface area contributed by atoms with Gasteiger partial charge < -0.3 is 14.8 Å². The van der Waals surface area contributed by atoms with Gasteiger partial charge in [-0.05, 0) is 31.0 Å². The smallest absolute Gasteiger partial charge is 0.234 e. The molecule has 0 atom stereocenters. The first-order chi connectivity index (χ1) is 13.1. The maximum absolute atomic E-state index is 12.3. The fourth-order valence-corrected chi connectivity index (χ4v) is 3.79. The van der Waals surface area contributed by atoms with Crippen LogP contribution in [0.25, 0.3) is 0 Å². The molecular formula is C19H15N3O4S. The number of rotatable bonds is 4. The fourth-order valence-electron chi connectivity index (χ4n) is 3.01. The molecular weight excluding hydrogens is 366 g/mol. The van der Waals surface area contributed by atoms with Crippen LogP contribution in [0.1, 0.15) is 34.5 Å². The molecule has 2 aliphatic rings. The summed E-state index contributed by atoms with van der Waals surface area (Å²) in [5.74, 6) is 1.14. The van der Waals surface area contributed by atoms with E-state index in [-0.39, 0.29) is 24.2 Å². The number of aryl methyl sites for hydroxylation is 1. The number of carbonyl (C=O) groups excluding carboxylic acids is 2. The van der Waals surface area contributed by atoms with Crippen molar-refractivity contribution in [2.75, 3.05) is 17.9 Å². The molecule has 1 amide bonds. The van der Waals surface area contributed by atoms with E-state index in [1.807, 2.05) is 0 Å². The van der Waals surface area contributed by atoms with Crippen molar-refractivity contribution in [3.8, 4) is 17.6 Å². The van der Waals surface area contributed by atoms with Crippen molar-refractivity contribution in [2.24, 2.45) is 0 Å². The highest BCUT2D eigenvalue weighted by Gasteiger charge is 2.22. The average molecular weight is 381 g/mol. The third kappa shape index (κ3) is 3.59. The number of aromatic nitrogens is 1. The Morgan fingerprint density at radius 1 is 1.26 bits per heavy atom. The van der Waals surface area contributed by atoms with Crippen LogP contribution in [0.2, 0.25) is 0 Å². The second-order valence-electron chi connectivity index (χ2n) is 6.13. The van der Waals surface area contributed by atoms with E-state index in [1.165, 1.54) is 11.8 Å². The van der Waals surface area contributed by atoms with Crippen molar-refractivity contribution in [3.05, 3.63) is 41.1 Å². The molecule has 136 valence electrons. The minimum absolute atomic E-state index is 0.0253. The molecule has 0 saturated carbocycles. The molecule has 1 aliphatic heterocycles. The summed E-state index contributed by atoms with van der Waals surface area (Å²) in [6.45, 7) is 0.173. The monoisotopic (exact) mass is 381 g/mol. The van der Waals surface area contributed by atoms with Crippen LogP contribution in [0.15, 0.2) is 29.3 Å². The molecule has 1 aliphatic carbocycles. The van der Waals surface area contributed by atoms with Gasteiger partial charge in [0.15, 0.2) is 17.3 Å². The summed E-state index contributed by atoms with van der Waals surface area (Å²) in [4.78, 5) is 28.7. The lowest BCUT2D eigenvalue weighted by atomic mass is 9.94. The second kappa shape index (κ2) is 7.29. The van der Waals surface area contributed by atoms with Crippen LogP contribution < -0.4 is 14.8 Å². The van der Waals surface area contributed by atoms with Gasteiger partial charge in [-0.1, -0.05) is 11.8 Å². The van der Waals surface area contributed by atoms with Gasteiger partial charge in [-0.15, -0.1) is 0 Å². The van der Waals surface area contributed by atoms with Gasteiger partial charge in [0.25, 0.3) is 0 Å². The molecule has 2 heterocycles. The zero-order valence-corrected chi connectivity index (χ0v) is 15.1. The number of hydrogen-bond donors (Lipinski definition) is 1. The van der Waals surface area contributed by atoms with E-state index in [2.05, 4.69) is 16.4 Å². The Morgan fingerprint density at radius 3 is 2.96 bits per heavy atom. The number of anilines is 1. The molecule has 2 aromatic rings. The zero-order valence-electron chi connectivity index (χ0n) is 14.3. The quantitative estimate of drug-likeness (QED) is 0.813. The Morgan fingerprint density at radius 2 is 2.11 bits per heavy atom. The summed E-state index contributed by atoms with van der Waals surface area (Å²) < 4.78 is 10.5. The molecule has 1 aromatic heterocycles. The highest BCUT2D eigenvalue weighted by atomic mass is 32.2. The molecule has 0 spiro atoms. The average Bonchev–Trinajstić information content (AvgIpc) is 3.14. The Bertz CT molecular complexity index is 984. The number of thioether (sulfide) groups is 1. The van der Waals surface area contributed by atoms with Crippen molar-refractivity contribution < 1.29 is 19.1 Å². The number of nitrogens with one attached hydrogen (secondary N) is 1. The van der Waals surface area contributed by atoms with Gasteiger partial charge in [0.05, 0.1) is 17.0 Å². The van der Waals surface area contributed by atoms with Gasteiger partial charge >= 0.3 is 0 Å². The van der Waals surface area contributed by atoms with Crippen molar-refractivity contribution in [1.29, 1.82) is 5.26 Å². The van der Waals surface area contributed by atoms with Gasteiger partial charge in [-0.3, -0.25) is 9.59 Å². The van der Waals surface area contributed by atoms with Gasteiger partial charge in [0, 0.05) is 23.7 Å². The Kier molecular flexibility index (Phi) is 4.69. The first-order valence-corrected chi connectivity index (χ1v) is 9.42. The van der Waals surface area contributed by atoms with E-state index in [0.29, 0.717) is 51.9 Å². The van der Waals surface area contributed by atoms with Crippen LogP contribution in [0, 0.1) is 11.3 Å². The summed E-state index contributed by atoms with van der Waals surface area (Å²) in [5.41, 5.74) is 2.18. The predicted octanol–water partition coefficient (Wildman–Crippen LogP) is 2.93. The minimum Gasteiger partial charge on any atom is -0.454 e. The van der Waals surface area contributed by atoms with Crippen LogP contribution >= 0.6 is 11.8 Å². The Hall–Kier alpha value is -3.05. The normalized spacial score (nSPS) is 14.4. The molecule has 8 heteroatoms. The van der Waals surface area contributed by atoms with Crippen molar-refractivity contribution in [1.82, 2.24) is 4.98 Å². The van der Waals surface area contributed by atoms with Crippen LogP contribution in [0.4, 0.5) is 5.69 Å². The fraction of sp³-hybridized carbons (Fsp3) is 0.263. The largest absolute Gasteiger partial charge is 0.454 e. The van der Waals surface area contributed by atoms with Crippen LogP contribution in [0.5, 0.6) is 11.5 Å². The number of nitrogens with zero attached hydrogens (tertiary/aromatic N) is 2. The van der Waals surface area contributed by atoms with Crippen molar-refractivity contribution in [2.45, 2.75) is 24.3 Å². The number of nitriles is 1. The number of pyridine rings is 1. The number of ketones is 1. The molecule has 1 aromatic carbocycles. The number of benzene rings is 1. The molecule has 0 fully saturated rings. The Labute approximate surface area is 159 Å². The standard InChI is InChI=1S/C19H15N3O4S/c20-8-11-6-13-14(2-1-3-15(13)23)22-19(11)27-9-18(24)21-12-4-5-16-17(7-12)26-10-25-16/h4-7H,1-3,9-10H2,(H,21,24). The Balaban J connectivity index is 1.44. The number of Topliss-reactive ketones (excluding diaryl/α,β-unsaturated/α-hetero) is 1. The van der Waals surface area contributed by atoms with Crippen molar-refractivity contribution in [3.63, 3.8) is 0 Å². The number of ether oxygens (including phenoxy) is 2. The third-order valence-electron chi connectivity index (χ3n) is 4.30.